The average molecular weight is 381 g/mol. The van der Waals surface area contributed by atoms with Crippen LogP contribution in [0.15, 0.2) is 70.0 Å². The molecule has 2 aliphatic rings. The summed E-state index contributed by atoms with van der Waals surface area (Å²) in [6, 6.07) is 7.85. The molecule has 0 radical (unpaired) electrons. The summed E-state index contributed by atoms with van der Waals surface area (Å²) in [5, 5.41) is 3.11. The molecular formula is C19H15N3O2S2. The van der Waals surface area contributed by atoms with Crippen molar-refractivity contribution in [1.29, 1.82) is 0 Å². The van der Waals surface area contributed by atoms with E-state index in [1.165, 1.54) is 23.1 Å². The Balaban J connectivity index is 1.65. The minimum absolute atomic E-state index is 0.0787. The fourth-order valence-electron chi connectivity index (χ4n) is 2.62. The zero-order valence-corrected chi connectivity index (χ0v) is 15.4. The number of hydrogen-bond donors (Lipinski definition) is 0. The van der Waals surface area contributed by atoms with Crippen LogP contribution in [0.2, 0.25) is 0 Å². The minimum Gasteiger partial charge on any atom is -0.488 e. The summed E-state index contributed by atoms with van der Waals surface area (Å²) in [6.45, 7) is 4.58. The molecule has 26 heavy (non-hydrogen) atoms. The lowest BCUT2D eigenvalue weighted by molar-refractivity contribution is -0.121. The van der Waals surface area contributed by atoms with E-state index < -0.39 is 0 Å². The van der Waals surface area contributed by atoms with Crippen LogP contribution in [0, 0.1) is 0 Å². The van der Waals surface area contributed by atoms with Crippen molar-refractivity contribution in [3.63, 3.8) is 0 Å². The van der Waals surface area contributed by atoms with Crippen LogP contribution in [-0.2, 0) is 4.79 Å². The fraction of sp³-hybridized carbons (Fsp3) is 0.105. The van der Waals surface area contributed by atoms with Gasteiger partial charge in [-0.15, -0.1) is 17.9 Å². The van der Waals surface area contributed by atoms with Gasteiger partial charge < -0.3 is 4.74 Å². The predicted molar refractivity (Wildman–Crippen MR) is 107 cm³/mol. The number of amides is 1. The van der Waals surface area contributed by atoms with E-state index in [1.54, 1.807) is 17.2 Å². The maximum absolute atomic E-state index is 12.8. The highest BCUT2D eigenvalue weighted by Crippen LogP contribution is 2.35. The van der Waals surface area contributed by atoms with E-state index in [9.17, 15) is 4.79 Å². The van der Waals surface area contributed by atoms with Crippen molar-refractivity contribution in [2.75, 3.05) is 13.2 Å². The Bertz CT molecular complexity index is 945. The molecule has 0 N–H and O–H groups in total. The molecule has 0 unspecified atom stereocenters. The van der Waals surface area contributed by atoms with Gasteiger partial charge in [-0.2, -0.15) is 4.99 Å². The van der Waals surface area contributed by atoms with Gasteiger partial charge in [-0.25, -0.2) is 4.98 Å². The molecule has 2 aromatic rings. The number of para-hydroxylation sites is 1. The van der Waals surface area contributed by atoms with Gasteiger partial charge in [0.2, 0.25) is 5.13 Å². The third-order valence-corrected chi connectivity index (χ3v) is 5.45. The number of benzene rings is 1. The van der Waals surface area contributed by atoms with E-state index in [0.29, 0.717) is 28.4 Å². The number of ether oxygens (including phenoxy) is 1. The Labute approximate surface area is 159 Å². The van der Waals surface area contributed by atoms with Gasteiger partial charge in [0.25, 0.3) is 5.91 Å². The maximum atomic E-state index is 12.8. The molecule has 0 saturated carbocycles. The number of hydrogen-bond acceptors (Lipinski definition) is 6. The van der Waals surface area contributed by atoms with Gasteiger partial charge in [-0.1, -0.05) is 24.3 Å². The number of carbonyl (C=O) groups is 1. The first-order valence-electron chi connectivity index (χ1n) is 7.97. The Morgan fingerprint density at radius 3 is 3.08 bits per heavy atom. The molecule has 3 heterocycles. The number of rotatable bonds is 4. The molecule has 0 spiro atoms. The van der Waals surface area contributed by atoms with Gasteiger partial charge in [-0.05, 0) is 35.6 Å². The number of thiazole rings is 1. The van der Waals surface area contributed by atoms with E-state index in [-0.39, 0.29) is 5.91 Å². The van der Waals surface area contributed by atoms with E-state index in [1.807, 2.05) is 41.8 Å². The second kappa shape index (κ2) is 7.31. The summed E-state index contributed by atoms with van der Waals surface area (Å²) in [5.41, 5.74) is 1.97. The molecule has 0 atom stereocenters. The third kappa shape index (κ3) is 3.36. The van der Waals surface area contributed by atoms with Crippen LogP contribution >= 0.6 is 23.1 Å². The molecule has 1 aromatic carbocycles. The number of aromatic nitrogens is 1. The molecule has 5 nitrogen and oxygen atoms in total. The maximum Gasteiger partial charge on any atom is 0.267 e. The van der Waals surface area contributed by atoms with Gasteiger partial charge in [0.15, 0.2) is 5.17 Å². The Kier molecular flexibility index (Phi) is 4.73. The van der Waals surface area contributed by atoms with Crippen LogP contribution < -0.4 is 4.74 Å². The first-order valence-corrected chi connectivity index (χ1v) is 9.67. The topological polar surface area (TPSA) is 54.8 Å². The Hall–Kier alpha value is -2.64. The number of nitrogens with zero attached hydrogens (tertiary/aromatic N) is 3. The molecule has 0 aliphatic carbocycles. The van der Waals surface area contributed by atoms with Crippen LogP contribution in [0.4, 0.5) is 5.13 Å². The molecule has 2 aliphatic heterocycles. The van der Waals surface area contributed by atoms with Gasteiger partial charge in [0.05, 0.1) is 4.91 Å². The molecular weight excluding hydrogens is 366 g/mol. The number of fused-ring (bicyclic) bond motifs is 1. The molecule has 1 fully saturated rings. The van der Waals surface area contributed by atoms with Crippen LogP contribution in [0.3, 0.4) is 0 Å². The largest absolute Gasteiger partial charge is 0.488 e. The van der Waals surface area contributed by atoms with Gasteiger partial charge >= 0.3 is 0 Å². The summed E-state index contributed by atoms with van der Waals surface area (Å²) in [4.78, 5) is 23.7. The predicted octanol–water partition coefficient (Wildman–Crippen LogP) is 4.25. The van der Waals surface area contributed by atoms with E-state index >= 15 is 0 Å². The number of carbonyl (C=O) groups excluding carboxylic acids is 1. The molecule has 0 bridgehead atoms. The van der Waals surface area contributed by atoms with Gasteiger partial charge in [0.1, 0.15) is 12.4 Å². The van der Waals surface area contributed by atoms with Crippen molar-refractivity contribution in [2.24, 2.45) is 4.99 Å². The zero-order valence-electron chi connectivity index (χ0n) is 13.8. The first-order chi connectivity index (χ1) is 12.7. The van der Waals surface area contributed by atoms with Crippen LogP contribution in [-0.4, -0.2) is 34.1 Å². The standard InChI is InChI=1S/C19H15N3O2S2/c1-2-8-22-17(23)16(26-19(22)21-18-20-7-9-25-18)11-13-10-14-5-3-4-6-15(14)24-12-13/h2-7,9-11H,1,8,12H2/b16-11-,21-19-. The smallest absolute Gasteiger partial charge is 0.267 e. The SMILES string of the molecule is C=CCN1C(=O)/C(=C/C2=Cc3ccccc3OC2)S/C1=N\c1nccs1. The number of aliphatic imine (C=N–C) groups is 1. The van der Waals surface area contributed by atoms with Crippen LogP contribution in [0.1, 0.15) is 5.56 Å². The summed E-state index contributed by atoms with van der Waals surface area (Å²) < 4.78 is 5.77. The lowest BCUT2D eigenvalue weighted by Crippen LogP contribution is -2.29. The molecule has 1 saturated heterocycles. The van der Waals surface area contributed by atoms with Crippen molar-refractivity contribution in [3.8, 4) is 5.75 Å². The zero-order chi connectivity index (χ0) is 17.9. The minimum atomic E-state index is -0.0787. The molecule has 7 heteroatoms. The Morgan fingerprint density at radius 2 is 2.27 bits per heavy atom. The average Bonchev–Trinajstić information content (AvgIpc) is 3.26. The number of thioether (sulfide) groups is 1. The molecule has 130 valence electrons. The summed E-state index contributed by atoms with van der Waals surface area (Å²) in [7, 11) is 0. The van der Waals surface area contributed by atoms with Crippen LogP contribution in [0.25, 0.3) is 6.08 Å². The van der Waals surface area contributed by atoms with Gasteiger partial charge in [0, 0.05) is 23.7 Å². The van der Waals surface area contributed by atoms with Crippen molar-refractivity contribution in [2.45, 2.75) is 0 Å². The van der Waals surface area contributed by atoms with E-state index in [4.69, 9.17) is 4.74 Å². The second-order valence-corrected chi connectivity index (χ2v) is 7.45. The van der Waals surface area contributed by atoms with Crippen molar-refractivity contribution in [1.82, 2.24) is 9.88 Å². The van der Waals surface area contributed by atoms with E-state index in [0.717, 1.165) is 16.9 Å². The monoisotopic (exact) mass is 381 g/mol. The first kappa shape index (κ1) is 16.8. The summed E-state index contributed by atoms with van der Waals surface area (Å²) >= 11 is 2.78. The Morgan fingerprint density at radius 1 is 1.38 bits per heavy atom. The lowest BCUT2D eigenvalue weighted by atomic mass is 10.1. The molecule has 1 aromatic heterocycles. The molecule has 1 amide bonds. The third-order valence-electron chi connectivity index (χ3n) is 3.78. The fourth-order valence-corrected chi connectivity index (χ4v) is 4.19. The lowest BCUT2D eigenvalue weighted by Gasteiger charge is -2.16. The highest BCUT2D eigenvalue weighted by Gasteiger charge is 2.33. The van der Waals surface area contributed by atoms with Crippen molar-refractivity contribution >= 4 is 45.4 Å². The normalized spacial score (nSPS) is 19.5. The second-order valence-electron chi connectivity index (χ2n) is 5.57. The quantitative estimate of drug-likeness (QED) is 0.587. The summed E-state index contributed by atoms with van der Waals surface area (Å²) in [5.74, 6) is 0.782. The summed E-state index contributed by atoms with van der Waals surface area (Å²) in [6.07, 6.45) is 7.32. The van der Waals surface area contributed by atoms with Gasteiger partial charge in [-0.3, -0.25) is 9.69 Å². The highest BCUT2D eigenvalue weighted by molar-refractivity contribution is 8.18. The van der Waals surface area contributed by atoms with Crippen LogP contribution in [0.5, 0.6) is 5.75 Å². The van der Waals surface area contributed by atoms with Crippen molar-refractivity contribution in [3.05, 3.63) is 70.6 Å². The highest BCUT2D eigenvalue weighted by atomic mass is 32.2. The van der Waals surface area contributed by atoms with E-state index in [2.05, 4.69) is 16.6 Å². The van der Waals surface area contributed by atoms with Crippen molar-refractivity contribution < 1.29 is 9.53 Å². The number of amidine groups is 1. The molecule has 4 rings (SSSR count).